The van der Waals surface area contributed by atoms with Gasteiger partial charge in [0.05, 0.1) is 35.5 Å². The lowest BCUT2D eigenvalue weighted by atomic mass is 10.1. The number of hydrogen-bond acceptors (Lipinski definition) is 6. The quantitative estimate of drug-likeness (QED) is 0.530. The van der Waals surface area contributed by atoms with Crippen LogP contribution in [0.4, 0.5) is 0 Å². The monoisotopic (exact) mass is 358 g/mol. The number of allylic oxidation sites excluding steroid dienone is 1. The molecule has 2 aromatic carbocycles. The maximum absolute atomic E-state index is 12.6. The normalized spacial score (nSPS) is 10.5. The van der Waals surface area contributed by atoms with Crippen molar-refractivity contribution in [1.29, 1.82) is 0 Å². The van der Waals surface area contributed by atoms with Crippen LogP contribution >= 0.6 is 0 Å². The van der Waals surface area contributed by atoms with Crippen molar-refractivity contribution in [1.82, 2.24) is 0 Å². The summed E-state index contributed by atoms with van der Waals surface area (Å²) in [6.45, 7) is 0. The zero-order valence-electron chi connectivity index (χ0n) is 15.5. The molecule has 6 heteroatoms. The van der Waals surface area contributed by atoms with E-state index in [2.05, 4.69) is 0 Å². The molecule has 0 N–H and O–H groups in total. The number of ether oxygens (including phenoxy) is 5. The lowest BCUT2D eigenvalue weighted by molar-refractivity contribution is 0.104. The summed E-state index contributed by atoms with van der Waals surface area (Å²) in [5.41, 5.74) is 1.18. The van der Waals surface area contributed by atoms with Crippen LogP contribution in [0.25, 0.3) is 6.08 Å². The van der Waals surface area contributed by atoms with E-state index >= 15 is 0 Å². The third-order valence-corrected chi connectivity index (χ3v) is 3.80. The summed E-state index contributed by atoms with van der Waals surface area (Å²) in [6, 6.07) is 8.59. The minimum absolute atomic E-state index is 0.206. The van der Waals surface area contributed by atoms with Crippen LogP contribution < -0.4 is 23.7 Å². The molecule has 0 aliphatic carbocycles. The lowest BCUT2D eigenvalue weighted by Crippen LogP contribution is -2.00. The zero-order chi connectivity index (χ0) is 19.1. The van der Waals surface area contributed by atoms with E-state index < -0.39 is 0 Å². The Morgan fingerprint density at radius 3 is 1.88 bits per heavy atom. The highest BCUT2D eigenvalue weighted by atomic mass is 16.5. The standard InChI is InChI=1S/C20H22O6/c1-22-15-8-6-13(17(12-15)23-2)7-9-16(21)14-10-18(24-3)20(26-5)19(11-14)25-4/h6-12H,1-5H3/b9-7+. The Morgan fingerprint density at radius 1 is 0.769 bits per heavy atom. The fourth-order valence-electron chi connectivity index (χ4n) is 2.44. The van der Waals surface area contributed by atoms with E-state index in [1.54, 1.807) is 44.6 Å². The molecule has 0 aliphatic heterocycles. The van der Waals surface area contributed by atoms with E-state index in [4.69, 9.17) is 23.7 Å². The molecule has 2 aromatic rings. The van der Waals surface area contributed by atoms with Crippen molar-refractivity contribution >= 4 is 11.9 Å². The summed E-state index contributed by atoms with van der Waals surface area (Å²) >= 11 is 0. The fraction of sp³-hybridized carbons (Fsp3) is 0.250. The molecule has 0 aromatic heterocycles. The highest BCUT2D eigenvalue weighted by Crippen LogP contribution is 2.38. The SMILES string of the molecule is COc1ccc(/C=C/C(=O)c2cc(OC)c(OC)c(OC)c2)c(OC)c1. The molecule has 0 fully saturated rings. The topological polar surface area (TPSA) is 63.2 Å². The molecule has 0 saturated heterocycles. The molecule has 138 valence electrons. The molecule has 2 rings (SSSR count). The maximum Gasteiger partial charge on any atom is 0.203 e. The predicted octanol–water partition coefficient (Wildman–Crippen LogP) is 3.63. The van der Waals surface area contributed by atoms with Crippen LogP contribution in [0.3, 0.4) is 0 Å². The van der Waals surface area contributed by atoms with Gasteiger partial charge in [-0.05, 0) is 36.4 Å². The smallest absolute Gasteiger partial charge is 0.203 e. The van der Waals surface area contributed by atoms with E-state index in [9.17, 15) is 4.79 Å². The van der Waals surface area contributed by atoms with Crippen molar-refractivity contribution in [2.75, 3.05) is 35.5 Å². The predicted molar refractivity (Wildman–Crippen MR) is 99.0 cm³/mol. The second kappa shape index (κ2) is 8.80. The molecule has 6 nitrogen and oxygen atoms in total. The fourth-order valence-corrected chi connectivity index (χ4v) is 2.44. The first-order valence-electron chi connectivity index (χ1n) is 7.82. The van der Waals surface area contributed by atoms with Crippen LogP contribution in [0.2, 0.25) is 0 Å². The van der Waals surface area contributed by atoms with Crippen molar-refractivity contribution in [3.8, 4) is 28.7 Å². The van der Waals surface area contributed by atoms with Gasteiger partial charge in [-0.15, -0.1) is 0 Å². The number of rotatable bonds is 8. The van der Waals surface area contributed by atoms with Crippen LogP contribution in [-0.2, 0) is 0 Å². The van der Waals surface area contributed by atoms with Gasteiger partial charge >= 0.3 is 0 Å². The number of benzene rings is 2. The molecule has 0 atom stereocenters. The Bertz CT molecular complexity index is 785. The third kappa shape index (κ3) is 4.08. The Kier molecular flexibility index (Phi) is 6.49. The number of methoxy groups -OCH3 is 5. The van der Waals surface area contributed by atoms with Gasteiger partial charge in [0.25, 0.3) is 0 Å². The molecule has 0 radical (unpaired) electrons. The molecule has 0 spiro atoms. The lowest BCUT2D eigenvalue weighted by Gasteiger charge is -2.13. The van der Waals surface area contributed by atoms with Gasteiger partial charge in [0, 0.05) is 17.2 Å². The highest BCUT2D eigenvalue weighted by molar-refractivity contribution is 6.07. The van der Waals surface area contributed by atoms with E-state index in [-0.39, 0.29) is 5.78 Å². The first-order valence-corrected chi connectivity index (χ1v) is 7.82. The van der Waals surface area contributed by atoms with Gasteiger partial charge in [-0.2, -0.15) is 0 Å². The average Bonchev–Trinajstić information content (AvgIpc) is 2.70. The summed E-state index contributed by atoms with van der Waals surface area (Å²) in [4.78, 5) is 12.6. The molecule has 0 amide bonds. The van der Waals surface area contributed by atoms with Crippen molar-refractivity contribution in [2.45, 2.75) is 0 Å². The summed E-state index contributed by atoms with van der Waals surface area (Å²) in [5.74, 6) is 2.36. The van der Waals surface area contributed by atoms with Crippen molar-refractivity contribution in [3.63, 3.8) is 0 Å². The van der Waals surface area contributed by atoms with Gasteiger partial charge < -0.3 is 23.7 Å². The van der Waals surface area contributed by atoms with E-state index in [0.717, 1.165) is 5.56 Å². The van der Waals surface area contributed by atoms with Crippen LogP contribution in [-0.4, -0.2) is 41.3 Å². The molecule has 0 heterocycles. The van der Waals surface area contributed by atoms with Gasteiger partial charge in [-0.3, -0.25) is 4.79 Å². The van der Waals surface area contributed by atoms with Crippen LogP contribution in [0.1, 0.15) is 15.9 Å². The van der Waals surface area contributed by atoms with Gasteiger partial charge in [0.15, 0.2) is 17.3 Å². The van der Waals surface area contributed by atoms with Crippen LogP contribution in [0.5, 0.6) is 28.7 Å². The summed E-state index contributed by atoms with van der Waals surface area (Å²) in [6.07, 6.45) is 3.15. The van der Waals surface area contributed by atoms with Crippen molar-refractivity contribution in [2.24, 2.45) is 0 Å². The Balaban J connectivity index is 2.34. The van der Waals surface area contributed by atoms with Crippen LogP contribution in [0, 0.1) is 0 Å². The molecule has 0 aliphatic rings. The molecule has 0 bridgehead atoms. The zero-order valence-corrected chi connectivity index (χ0v) is 15.5. The number of hydrogen-bond donors (Lipinski definition) is 0. The molecular weight excluding hydrogens is 336 g/mol. The minimum Gasteiger partial charge on any atom is -0.497 e. The van der Waals surface area contributed by atoms with Gasteiger partial charge in [0.1, 0.15) is 11.5 Å². The minimum atomic E-state index is -0.206. The van der Waals surface area contributed by atoms with Crippen LogP contribution in [0.15, 0.2) is 36.4 Å². The Labute approximate surface area is 152 Å². The van der Waals surface area contributed by atoms with Gasteiger partial charge in [-0.1, -0.05) is 0 Å². The number of ketones is 1. The Hall–Kier alpha value is -3.15. The summed E-state index contributed by atoms with van der Waals surface area (Å²) < 4.78 is 26.3. The maximum atomic E-state index is 12.6. The third-order valence-electron chi connectivity index (χ3n) is 3.80. The largest absolute Gasteiger partial charge is 0.497 e. The first-order chi connectivity index (χ1) is 12.6. The molecule has 26 heavy (non-hydrogen) atoms. The van der Waals surface area contributed by atoms with Gasteiger partial charge in [-0.25, -0.2) is 0 Å². The Morgan fingerprint density at radius 2 is 1.38 bits per heavy atom. The number of carbonyl (C=O) groups excluding carboxylic acids is 1. The van der Waals surface area contributed by atoms with E-state index in [0.29, 0.717) is 34.3 Å². The average molecular weight is 358 g/mol. The second-order valence-corrected chi connectivity index (χ2v) is 5.22. The molecular formula is C20H22O6. The molecule has 0 unspecified atom stereocenters. The molecule has 0 saturated carbocycles. The summed E-state index contributed by atoms with van der Waals surface area (Å²) in [5, 5.41) is 0. The highest BCUT2D eigenvalue weighted by Gasteiger charge is 2.16. The van der Waals surface area contributed by atoms with E-state index in [1.165, 1.54) is 27.4 Å². The van der Waals surface area contributed by atoms with Gasteiger partial charge in [0.2, 0.25) is 5.75 Å². The summed E-state index contributed by atoms with van der Waals surface area (Å²) in [7, 11) is 7.66. The second-order valence-electron chi connectivity index (χ2n) is 5.22. The van der Waals surface area contributed by atoms with E-state index in [1.807, 2.05) is 6.07 Å². The van der Waals surface area contributed by atoms with Crippen molar-refractivity contribution < 1.29 is 28.5 Å². The first kappa shape index (κ1) is 19.2. The number of carbonyl (C=O) groups is 1. The van der Waals surface area contributed by atoms with Crippen molar-refractivity contribution in [3.05, 3.63) is 47.5 Å².